The monoisotopic (exact) mass is 202 g/mol. The molecule has 76 valence electrons. The van der Waals surface area contributed by atoms with E-state index in [0.717, 1.165) is 6.42 Å². The van der Waals surface area contributed by atoms with Crippen LogP contribution in [0.5, 0.6) is 0 Å². The van der Waals surface area contributed by atoms with Crippen molar-refractivity contribution in [1.82, 2.24) is 0 Å². The third-order valence-corrected chi connectivity index (χ3v) is 5.13. The molecule has 0 aromatic carbocycles. The van der Waals surface area contributed by atoms with Gasteiger partial charge in [-0.05, 0) is 37.0 Å². The molecule has 3 saturated carbocycles. The van der Waals surface area contributed by atoms with Crippen LogP contribution in [-0.2, 0) is 0 Å². The lowest BCUT2D eigenvalue weighted by Gasteiger charge is -2.66. The molecule has 0 spiro atoms. The van der Waals surface area contributed by atoms with Gasteiger partial charge in [0.25, 0.3) is 0 Å². The minimum atomic E-state index is -1.20. The Morgan fingerprint density at radius 1 is 1.23 bits per heavy atom. The Morgan fingerprint density at radius 2 is 1.77 bits per heavy atom. The predicted octanol–water partition coefficient (Wildman–Crippen LogP) is 1.42. The summed E-state index contributed by atoms with van der Waals surface area (Å²) in [6, 6.07) is 0. The van der Waals surface area contributed by atoms with Gasteiger partial charge in [0, 0.05) is 0 Å². The average molecular weight is 202 g/mol. The fourth-order valence-corrected chi connectivity index (χ4v) is 3.52. The van der Waals surface area contributed by atoms with Crippen LogP contribution in [-0.4, -0.2) is 20.7 Å². The van der Waals surface area contributed by atoms with Gasteiger partial charge in [-0.15, -0.1) is 12.6 Å². The molecule has 0 heterocycles. The SMILES string of the molecule is CC1(C)C2CC1C(C)(O)C(O)(S)C2. The van der Waals surface area contributed by atoms with E-state index in [4.69, 9.17) is 0 Å². The largest absolute Gasteiger partial charge is 0.386 e. The molecule has 13 heavy (non-hydrogen) atoms. The van der Waals surface area contributed by atoms with Crippen LogP contribution in [0.1, 0.15) is 33.6 Å². The summed E-state index contributed by atoms with van der Waals surface area (Å²) in [6.07, 6.45) is 1.63. The van der Waals surface area contributed by atoms with Gasteiger partial charge >= 0.3 is 0 Å². The molecule has 0 aromatic heterocycles. The van der Waals surface area contributed by atoms with Crippen LogP contribution >= 0.6 is 12.6 Å². The van der Waals surface area contributed by atoms with E-state index in [-0.39, 0.29) is 11.3 Å². The van der Waals surface area contributed by atoms with Gasteiger partial charge in [-0.1, -0.05) is 13.8 Å². The van der Waals surface area contributed by atoms with Crippen molar-refractivity contribution < 1.29 is 10.2 Å². The quantitative estimate of drug-likeness (QED) is 0.411. The highest BCUT2D eigenvalue weighted by molar-refractivity contribution is 7.81. The van der Waals surface area contributed by atoms with E-state index in [0.29, 0.717) is 12.3 Å². The summed E-state index contributed by atoms with van der Waals surface area (Å²) < 4.78 is 0. The summed E-state index contributed by atoms with van der Waals surface area (Å²) in [5.41, 5.74) is -0.882. The topological polar surface area (TPSA) is 40.5 Å². The highest BCUT2D eigenvalue weighted by Crippen LogP contribution is 2.66. The molecular formula is C10H18O2S. The van der Waals surface area contributed by atoms with E-state index in [1.54, 1.807) is 6.92 Å². The molecule has 3 rings (SSSR count). The molecule has 3 aliphatic carbocycles. The van der Waals surface area contributed by atoms with Gasteiger partial charge < -0.3 is 10.2 Å². The van der Waals surface area contributed by atoms with E-state index >= 15 is 0 Å². The van der Waals surface area contributed by atoms with Gasteiger partial charge in [0.1, 0.15) is 10.5 Å². The van der Waals surface area contributed by atoms with Crippen molar-refractivity contribution >= 4 is 12.6 Å². The summed E-state index contributed by atoms with van der Waals surface area (Å²) >= 11 is 4.17. The van der Waals surface area contributed by atoms with Gasteiger partial charge in [-0.25, -0.2) is 0 Å². The molecule has 4 unspecified atom stereocenters. The molecule has 0 amide bonds. The Labute approximate surface area is 84.8 Å². The van der Waals surface area contributed by atoms with Crippen LogP contribution in [0.2, 0.25) is 0 Å². The molecule has 0 aromatic rings. The second-order valence-corrected chi connectivity index (χ2v) is 6.21. The van der Waals surface area contributed by atoms with Gasteiger partial charge in [-0.2, -0.15) is 0 Å². The van der Waals surface area contributed by atoms with Gasteiger partial charge in [0.05, 0.1) is 0 Å². The van der Waals surface area contributed by atoms with Crippen molar-refractivity contribution in [3.8, 4) is 0 Å². The zero-order valence-electron chi connectivity index (χ0n) is 8.41. The summed E-state index contributed by atoms with van der Waals surface area (Å²) in [4.78, 5) is -1.20. The van der Waals surface area contributed by atoms with Gasteiger partial charge in [-0.3, -0.25) is 0 Å². The summed E-state index contributed by atoms with van der Waals surface area (Å²) in [5, 5.41) is 20.2. The molecule has 2 nitrogen and oxygen atoms in total. The molecule has 4 atom stereocenters. The Hall–Kier alpha value is 0.270. The molecule has 0 aliphatic heterocycles. The minimum absolute atomic E-state index is 0.165. The standard InChI is InChI=1S/C10H18O2S/c1-8(2)6-4-7(8)9(3,11)10(12,13)5-6/h6-7,11-13H,4-5H2,1-3H3. The highest BCUT2D eigenvalue weighted by atomic mass is 32.1. The van der Waals surface area contributed by atoms with Crippen molar-refractivity contribution in [2.75, 3.05) is 0 Å². The zero-order chi connectivity index (χ0) is 10.1. The number of fused-ring (bicyclic) bond motifs is 2. The first-order valence-electron chi connectivity index (χ1n) is 4.87. The van der Waals surface area contributed by atoms with Crippen LogP contribution in [0.4, 0.5) is 0 Å². The van der Waals surface area contributed by atoms with Crippen LogP contribution in [0.25, 0.3) is 0 Å². The lowest BCUT2D eigenvalue weighted by Crippen LogP contribution is -2.70. The Morgan fingerprint density at radius 3 is 2.08 bits per heavy atom. The second-order valence-electron chi connectivity index (χ2n) is 5.47. The Kier molecular flexibility index (Phi) is 1.70. The molecular weight excluding hydrogens is 184 g/mol. The molecule has 2 bridgehead atoms. The number of hydrogen-bond acceptors (Lipinski definition) is 3. The highest BCUT2D eigenvalue weighted by Gasteiger charge is 2.67. The first-order valence-corrected chi connectivity index (χ1v) is 5.31. The molecule has 3 heteroatoms. The second kappa shape index (κ2) is 2.26. The number of thiol groups is 1. The lowest BCUT2D eigenvalue weighted by molar-refractivity contribution is -0.257. The van der Waals surface area contributed by atoms with Crippen LogP contribution < -0.4 is 0 Å². The summed E-state index contributed by atoms with van der Waals surface area (Å²) in [7, 11) is 0. The average Bonchev–Trinajstić information content (AvgIpc) is 1.94. The normalized spacial score (nSPS) is 58.6. The maximum atomic E-state index is 10.2. The molecule has 3 aliphatic rings. The van der Waals surface area contributed by atoms with Crippen LogP contribution in [0.3, 0.4) is 0 Å². The number of rotatable bonds is 0. The van der Waals surface area contributed by atoms with E-state index in [1.165, 1.54) is 0 Å². The summed E-state index contributed by atoms with van der Waals surface area (Å²) in [5.74, 6) is 0.696. The van der Waals surface area contributed by atoms with Crippen molar-refractivity contribution in [2.24, 2.45) is 17.3 Å². The Bertz CT molecular complexity index is 245. The first kappa shape index (κ1) is 9.81. The third kappa shape index (κ3) is 0.984. The van der Waals surface area contributed by atoms with Crippen molar-refractivity contribution in [1.29, 1.82) is 0 Å². The number of hydrogen-bond donors (Lipinski definition) is 3. The van der Waals surface area contributed by atoms with E-state index in [9.17, 15) is 10.2 Å². The smallest absolute Gasteiger partial charge is 0.136 e. The number of aliphatic hydroxyl groups is 2. The van der Waals surface area contributed by atoms with Crippen LogP contribution in [0, 0.1) is 17.3 Å². The van der Waals surface area contributed by atoms with Crippen molar-refractivity contribution in [2.45, 2.75) is 44.1 Å². The van der Waals surface area contributed by atoms with Crippen LogP contribution in [0.15, 0.2) is 0 Å². The van der Waals surface area contributed by atoms with Gasteiger partial charge in [0.15, 0.2) is 0 Å². The third-order valence-electron chi connectivity index (χ3n) is 4.49. The minimum Gasteiger partial charge on any atom is -0.386 e. The molecule has 0 saturated heterocycles. The van der Waals surface area contributed by atoms with E-state index in [1.807, 2.05) is 0 Å². The van der Waals surface area contributed by atoms with E-state index in [2.05, 4.69) is 26.5 Å². The van der Waals surface area contributed by atoms with E-state index < -0.39 is 10.5 Å². The van der Waals surface area contributed by atoms with Crippen molar-refractivity contribution in [3.05, 3.63) is 0 Å². The zero-order valence-corrected chi connectivity index (χ0v) is 9.30. The molecule has 0 radical (unpaired) electrons. The fraction of sp³-hybridized carbons (Fsp3) is 1.00. The van der Waals surface area contributed by atoms with Gasteiger partial charge in [0.2, 0.25) is 0 Å². The fourth-order valence-electron chi connectivity index (χ4n) is 3.15. The first-order chi connectivity index (χ1) is 5.69. The predicted molar refractivity (Wildman–Crippen MR) is 54.6 cm³/mol. The molecule has 2 N–H and O–H groups in total. The Balaban J connectivity index is 2.34. The molecule has 3 fully saturated rings. The maximum Gasteiger partial charge on any atom is 0.136 e. The summed E-state index contributed by atoms with van der Waals surface area (Å²) in [6.45, 7) is 6.05. The van der Waals surface area contributed by atoms with Crippen molar-refractivity contribution in [3.63, 3.8) is 0 Å². The maximum absolute atomic E-state index is 10.2. The lowest BCUT2D eigenvalue weighted by atomic mass is 9.43.